The molecule has 16 heavy (non-hydrogen) atoms. The largest absolute Gasteiger partial charge is 0.342 e. The van der Waals surface area contributed by atoms with Gasteiger partial charge < -0.3 is 10.6 Å². The smallest absolute Gasteiger partial charge is 0.232 e. The van der Waals surface area contributed by atoms with Crippen molar-refractivity contribution in [2.24, 2.45) is 5.73 Å². The number of nitrogens with zero attached hydrogens (tertiary/aromatic N) is 1. The molecular formula is C12H24N2OS. The van der Waals surface area contributed by atoms with Crippen molar-refractivity contribution in [2.75, 3.05) is 24.6 Å². The molecule has 0 radical (unpaired) electrons. The summed E-state index contributed by atoms with van der Waals surface area (Å²) in [7, 11) is 0. The van der Waals surface area contributed by atoms with Gasteiger partial charge in [0.1, 0.15) is 0 Å². The molecule has 0 aromatic carbocycles. The van der Waals surface area contributed by atoms with Gasteiger partial charge in [0.05, 0.1) is 5.75 Å². The van der Waals surface area contributed by atoms with Crippen molar-refractivity contribution in [3.63, 3.8) is 0 Å². The molecule has 1 aliphatic rings. The third-order valence-corrected chi connectivity index (χ3v) is 4.06. The second kappa shape index (κ2) is 6.50. The maximum atomic E-state index is 11.9. The molecule has 0 atom stereocenters. The predicted octanol–water partition coefficient (Wildman–Crippen LogP) is 1.86. The van der Waals surface area contributed by atoms with Crippen LogP contribution in [0, 0.1) is 0 Å². The first-order valence-electron chi connectivity index (χ1n) is 6.13. The summed E-state index contributed by atoms with van der Waals surface area (Å²) in [5.41, 5.74) is 5.70. The number of carbonyl (C=O) groups excluding carboxylic acids is 1. The van der Waals surface area contributed by atoms with Crippen molar-refractivity contribution in [3.8, 4) is 0 Å². The molecule has 1 amide bonds. The van der Waals surface area contributed by atoms with E-state index in [0.717, 1.165) is 18.8 Å². The highest BCUT2D eigenvalue weighted by Gasteiger charge is 2.17. The van der Waals surface area contributed by atoms with Crippen molar-refractivity contribution in [1.29, 1.82) is 0 Å². The van der Waals surface area contributed by atoms with Crippen LogP contribution in [0.3, 0.4) is 0 Å². The van der Waals surface area contributed by atoms with E-state index in [4.69, 9.17) is 5.73 Å². The lowest BCUT2D eigenvalue weighted by Gasteiger charge is -2.22. The summed E-state index contributed by atoms with van der Waals surface area (Å²) in [5.74, 6) is 1.71. The van der Waals surface area contributed by atoms with Crippen LogP contribution >= 0.6 is 11.8 Å². The van der Waals surface area contributed by atoms with E-state index >= 15 is 0 Å². The van der Waals surface area contributed by atoms with Gasteiger partial charge in [-0.3, -0.25) is 4.79 Å². The molecule has 1 saturated heterocycles. The van der Waals surface area contributed by atoms with Crippen LogP contribution in [0.15, 0.2) is 0 Å². The normalized spacial score (nSPS) is 18.3. The Morgan fingerprint density at radius 2 is 1.81 bits per heavy atom. The molecule has 2 N–H and O–H groups in total. The standard InChI is InChI=1S/C12H24N2OS/c1-12(2,13)10-16-9-11(15)14-7-5-3-4-6-8-14/h3-10,13H2,1-2H3. The summed E-state index contributed by atoms with van der Waals surface area (Å²) in [6.07, 6.45) is 4.87. The number of likely N-dealkylation sites (tertiary alicyclic amines) is 1. The average Bonchev–Trinajstić information content (AvgIpc) is 2.43. The van der Waals surface area contributed by atoms with Crippen LogP contribution in [0.25, 0.3) is 0 Å². The first-order valence-corrected chi connectivity index (χ1v) is 7.29. The molecule has 1 fully saturated rings. The van der Waals surface area contributed by atoms with Gasteiger partial charge in [-0.2, -0.15) is 11.8 Å². The van der Waals surface area contributed by atoms with E-state index in [-0.39, 0.29) is 11.4 Å². The van der Waals surface area contributed by atoms with Crippen LogP contribution in [-0.4, -0.2) is 40.9 Å². The van der Waals surface area contributed by atoms with Gasteiger partial charge in [0.2, 0.25) is 5.91 Å². The van der Waals surface area contributed by atoms with Crippen LogP contribution in [0.4, 0.5) is 0 Å². The molecule has 1 aliphatic heterocycles. The minimum absolute atomic E-state index is 0.177. The number of hydrogen-bond acceptors (Lipinski definition) is 3. The van der Waals surface area contributed by atoms with E-state index in [9.17, 15) is 4.79 Å². The van der Waals surface area contributed by atoms with Crippen LogP contribution in [0.1, 0.15) is 39.5 Å². The van der Waals surface area contributed by atoms with Crippen molar-refractivity contribution in [2.45, 2.75) is 45.1 Å². The lowest BCUT2D eigenvalue weighted by atomic mass is 10.1. The van der Waals surface area contributed by atoms with Gasteiger partial charge in [-0.25, -0.2) is 0 Å². The fraction of sp³-hybridized carbons (Fsp3) is 0.917. The van der Waals surface area contributed by atoms with Gasteiger partial charge in [-0.05, 0) is 26.7 Å². The van der Waals surface area contributed by atoms with Crippen molar-refractivity contribution < 1.29 is 4.79 Å². The van der Waals surface area contributed by atoms with Crippen molar-refractivity contribution in [3.05, 3.63) is 0 Å². The molecule has 3 nitrogen and oxygen atoms in total. The Labute approximate surface area is 103 Å². The summed E-state index contributed by atoms with van der Waals surface area (Å²) < 4.78 is 0. The first kappa shape index (κ1) is 13.8. The quantitative estimate of drug-likeness (QED) is 0.821. The fourth-order valence-electron chi connectivity index (χ4n) is 1.81. The summed E-state index contributed by atoms with van der Waals surface area (Å²) >= 11 is 1.65. The lowest BCUT2D eigenvalue weighted by molar-refractivity contribution is -0.128. The fourth-order valence-corrected chi connectivity index (χ4v) is 2.80. The highest BCUT2D eigenvalue weighted by Crippen LogP contribution is 2.14. The van der Waals surface area contributed by atoms with Gasteiger partial charge in [0, 0.05) is 24.4 Å². The highest BCUT2D eigenvalue weighted by atomic mass is 32.2. The molecule has 0 spiro atoms. The Kier molecular flexibility index (Phi) is 5.62. The van der Waals surface area contributed by atoms with Gasteiger partial charge in [-0.1, -0.05) is 12.8 Å². The molecule has 0 bridgehead atoms. The zero-order chi connectivity index (χ0) is 12.0. The third-order valence-electron chi connectivity index (χ3n) is 2.66. The SMILES string of the molecule is CC(C)(N)CSCC(=O)N1CCCCCC1. The molecule has 1 heterocycles. The van der Waals surface area contributed by atoms with Gasteiger partial charge in [0.15, 0.2) is 0 Å². The number of carbonyl (C=O) groups is 1. The van der Waals surface area contributed by atoms with E-state index in [1.807, 2.05) is 18.7 Å². The van der Waals surface area contributed by atoms with E-state index in [1.165, 1.54) is 25.7 Å². The Balaban J connectivity index is 2.23. The minimum atomic E-state index is -0.177. The molecular weight excluding hydrogens is 220 g/mol. The first-order chi connectivity index (χ1) is 7.49. The second-order valence-corrected chi connectivity index (χ2v) is 6.26. The van der Waals surface area contributed by atoms with E-state index in [2.05, 4.69) is 0 Å². The number of rotatable bonds is 4. The molecule has 0 saturated carbocycles. The van der Waals surface area contributed by atoms with Crippen molar-refractivity contribution >= 4 is 17.7 Å². The predicted molar refractivity (Wildman–Crippen MR) is 70.6 cm³/mol. The van der Waals surface area contributed by atoms with Crippen LogP contribution < -0.4 is 5.73 Å². The van der Waals surface area contributed by atoms with E-state index in [0.29, 0.717) is 5.75 Å². The van der Waals surface area contributed by atoms with E-state index in [1.54, 1.807) is 11.8 Å². The summed E-state index contributed by atoms with van der Waals surface area (Å²) in [5, 5.41) is 0. The Bertz CT molecular complexity index is 218. The monoisotopic (exact) mass is 244 g/mol. The van der Waals surface area contributed by atoms with Crippen LogP contribution in [0.2, 0.25) is 0 Å². The zero-order valence-corrected chi connectivity index (χ0v) is 11.3. The second-order valence-electron chi connectivity index (χ2n) is 5.28. The molecule has 94 valence electrons. The molecule has 0 aromatic rings. The van der Waals surface area contributed by atoms with Crippen LogP contribution in [0.5, 0.6) is 0 Å². The number of nitrogens with two attached hydrogens (primary N) is 1. The molecule has 0 unspecified atom stereocenters. The lowest BCUT2D eigenvalue weighted by Crippen LogP contribution is -2.37. The number of hydrogen-bond donors (Lipinski definition) is 1. The van der Waals surface area contributed by atoms with Gasteiger partial charge in [-0.15, -0.1) is 0 Å². The average molecular weight is 244 g/mol. The summed E-state index contributed by atoms with van der Waals surface area (Å²) in [6.45, 7) is 5.89. The maximum Gasteiger partial charge on any atom is 0.232 e. The molecule has 0 aromatic heterocycles. The zero-order valence-electron chi connectivity index (χ0n) is 10.5. The third kappa shape index (κ3) is 5.75. The Morgan fingerprint density at radius 3 is 2.31 bits per heavy atom. The highest BCUT2D eigenvalue weighted by molar-refractivity contribution is 8.00. The number of amides is 1. The Hall–Kier alpha value is -0.220. The number of thioether (sulfide) groups is 1. The molecule has 0 aliphatic carbocycles. The van der Waals surface area contributed by atoms with Crippen LogP contribution in [-0.2, 0) is 4.79 Å². The molecule has 1 rings (SSSR count). The van der Waals surface area contributed by atoms with E-state index < -0.39 is 0 Å². The topological polar surface area (TPSA) is 46.3 Å². The summed E-state index contributed by atoms with van der Waals surface area (Å²) in [4.78, 5) is 13.9. The van der Waals surface area contributed by atoms with Crippen molar-refractivity contribution in [1.82, 2.24) is 4.90 Å². The Morgan fingerprint density at radius 1 is 1.25 bits per heavy atom. The minimum Gasteiger partial charge on any atom is -0.342 e. The summed E-state index contributed by atoms with van der Waals surface area (Å²) in [6, 6.07) is 0. The van der Waals surface area contributed by atoms with Gasteiger partial charge >= 0.3 is 0 Å². The van der Waals surface area contributed by atoms with Gasteiger partial charge in [0.25, 0.3) is 0 Å². The molecule has 4 heteroatoms. The maximum absolute atomic E-state index is 11.9.